The van der Waals surface area contributed by atoms with E-state index in [1.54, 1.807) is 0 Å². The second-order valence-electron chi connectivity index (χ2n) is 3.50. The molecule has 0 aromatic rings. The highest BCUT2D eigenvalue weighted by Gasteiger charge is 2.44. The number of ether oxygens (including phenoxy) is 2. The van der Waals surface area contributed by atoms with Crippen LogP contribution in [-0.4, -0.2) is 37.5 Å². The number of aliphatic hydroxyl groups is 1. The zero-order chi connectivity index (χ0) is 9.90. The van der Waals surface area contributed by atoms with Crippen molar-refractivity contribution in [1.29, 1.82) is 0 Å². The number of methoxy groups -OCH3 is 1. The summed E-state index contributed by atoms with van der Waals surface area (Å²) >= 11 is 0. The van der Waals surface area contributed by atoms with Gasteiger partial charge in [0, 0.05) is 5.41 Å². The number of carbonyl (C=O) groups is 1. The second-order valence-corrected chi connectivity index (χ2v) is 3.50. The zero-order valence-electron chi connectivity index (χ0n) is 8.08. The molecule has 0 aliphatic carbocycles. The molecule has 0 amide bonds. The normalized spacial score (nSPS) is 21.8. The first-order chi connectivity index (χ1) is 6.14. The summed E-state index contributed by atoms with van der Waals surface area (Å²) in [5, 5.41) is 9.74. The third-order valence-electron chi connectivity index (χ3n) is 2.78. The van der Waals surface area contributed by atoms with E-state index in [0.29, 0.717) is 13.2 Å². The van der Waals surface area contributed by atoms with Crippen LogP contribution in [0.4, 0.5) is 0 Å². The molecular weight excluding hydrogens is 172 g/mol. The van der Waals surface area contributed by atoms with Gasteiger partial charge in [-0.3, -0.25) is 4.79 Å². The lowest BCUT2D eigenvalue weighted by molar-refractivity contribution is -0.181. The fraction of sp³-hybridized carbons (Fsp3) is 0.889. The molecule has 1 N–H and O–H groups in total. The smallest absolute Gasteiger partial charge is 0.308 e. The summed E-state index contributed by atoms with van der Waals surface area (Å²) < 4.78 is 9.54. The van der Waals surface area contributed by atoms with Crippen LogP contribution in [0.25, 0.3) is 0 Å². The molecule has 0 aromatic heterocycles. The SMILES string of the molecule is CCC1([C@H](O)CC(=O)OC)COC1. The first-order valence-electron chi connectivity index (χ1n) is 4.47. The molecule has 1 atom stereocenters. The zero-order valence-corrected chi connectivity index (χ0v) is 8.08. The van der Waals surface area contributed by atoms with Gasteiger partial charge in [0.2, 0.25) is 0 Å². The van der Waals surface area contributed by atoms with Crippen LogP contribution < -0.4 is 0 Å². The molecule has 0 saturated carbocycles. The van der Waals surface area contributed by atoms with Crippen LogP contribution in [-0.2, 0) is 14.3 Å². The molecule has 0 bridgehead atoms. The lowest BCUT2D eigenvalue weighted by Crippen LogP contribution is -2.51. The number of aliphatic hydroxyl groups excluding tert-OH is 1. The molecule has 1 heterocycles. The van der Waals surface area contributed by atoms with Crippen LogP contribution in [0.5, 0.6) is 0 Å². The Bertz CT molecular complexity index is 181. The predicted octanol–water partition coefficient (Wildman–Crippen LogP) is 0.337. The van der Waals surface area contributed by atoms with E-state index >= 15 is 0 Å². The minimum atomic E-state index is -0.640. The lowest BCUT2D eigenvalue weighted by Gasteiger charge is -2.44. The van der Waals surface area contributed by atoms with E-state index in [9.17, 15) is 9.90 Å². The van der Waals surface area contributed by atoms with Crippen LogP contribution in [0.15, 0.2) is 0 Å². The van der Waals surface area contributed by atoms with Gasteiger partial charge in [0.25, 0.3) is 0 Å². The van der Waals surface area contributed by atoms with Crippen molar-refractivity contribution in [3.8, 4) is 0 Å². The Morgan fingerprint density at radius 1 is 1.69 bits per heavy atom. The average Bonchev–Trinajstić information content (AvgIpc) is 2.03. The van der Waals surface area contributed by atoms with Crippen molar-refractivity contribution < 1.29 is 19.4 Å². The molecule has 0 unspecified atom stereocenters. The van der Waals surface area contributed by atoms with Gasteiger partial charge >= 0.3 is 5.97 Å². The molecule has 0 radical (unpaired) electrons. The van der Waals surface area contributed by atoms with Gasteiger partial charge < -0.3 is 14.6 Å². The summed E-state index contributed by atoms with van der Waals surface area (Å²) in [4.78, 5) is 10.9. The van der Waals surface area contributed by atoms with Gasteiger partial charge in [-0.15, -0.1) is 0 Å². The van der Waals surface area contributed by atoms with Crippen LogP contribution >= 0.6 is 0 Å². The van der Waals surface area contributed by atoms with Crippen LogP contribution in [0.3, 0.4) is 0 Å². The summed E-state index contributed by atoms with van der Waals surface area (Å²) in [5.74, 6) is -0.368. The highest BCUT2D eigenvalue weighted by atomic mass is 16.5. The molecule has 13 heavy (non-hydrogen) atoms. The Morgan fingerprint density at radius 2 is 2.31 bits per heavy atom. The van der Waals surface area contributed by atoms with Crippen molar-refractivity contribution in [2.45, 2.75) is 25.9 Å². The minimum absolute atomic E-state index is 0.0632. The maximum absolute atomic E-state index is 10.9. The fourth-order valence-corrected chi connectivity index (χ4v) is 1.45. The van der Waals surface area contributed by atoms with Crippen LogP contribution in [0.1, 0.15) is 19.8 Å². The number of carbonyl (C=O) groups excluding carboxylic acids is 1. The molecule has 4 nitrogen and oxygen atoms in total. The van der Waals surface area contributed by atoms with Gasteiger partial charge in [-0.05, 0) is 6.42 Å². The van der Waals surface area contributed by atoms with Crippen molar-refractivity contribution >= 4 is 5.97 Å². The Labute approximate surface area is 77.8 Å². The molecule has 1 saturated heterocycles. The maximum atomic E-state index is 10.9. The maximum Gasteiger partial charge on any atom is 0.308 e. The first-order valence-corrected chi connectivity index (χ1v) is 4.47. The number of hydrogen-bond acceptors (Lipinski definition) is 4. The molecular formula is C9H16O4. The lowest BCUT2D eigenvalue weighted by atomic mass is 9.76. The van der Waals surface area contributed by atoms with Crippen LogP contribution in [0, 0.1) is 5.41 Å². The predicted molar refractivity (Wildman–Crippen MR) is 46.2 cm³/mol. The Balaban J connectivity index is 2.45. The third-order valence-corrected chi connectivity index (χ3v) is 2.78. The highest BCUT2D eigenvalue weighted by Crippen LogP contribution is 2.36. The van der Waals surface area contributed by atoms with Crippen molar-refractivity contribution in [3.63, 3.8) is 0 Å². The fourth-order valence-electron chi connectivity index (χ4n) is 1.45. The van der Waals surface area contributed by atoms with Gasteiger partial charge in [0.05, 0.1) is 32.8 Å². The highest BCUT2D eigenvalue weighted by molar-refractivity contribution is 5.69. The van der Waals surface area contributed by atoms with Crippen molar-refractivity contribution in [2.75, 3.05) is 20.3 Å². The van der Waals surface area contributed by atoms with Crippen LogP contribution in [0.2, 0.25) is 0 Å². The second kappa shape index (κ2) is 4.07. The van der Waals surface area contributed by atoms with E-state index in [1.165, 1.54) is 7.11 Å². The molecule has 0 aromatic carbocycles. The largest absolute Gasteiger partial charge is 0.469 e. The van der Waals surface area contributed by atoms with Crippen molar-refractivity contribution in [2.24, 2.45) is 5.41 Å². The van der Waals surface area contributed by atoms with E-state index in [-0.39, 0.29) is 17.8 Å². The van der Waals surface area contributed by atoms with Crippen molar-refractivity contribution in [1.82, 2.24) is 0 Å². The van der Waals surface area contributed by atoms with Gasteiger partial charge in [0.1, 0.15) is 0 Å². The van der Waals surface area contributed by atoms with Gasteiger partial charge in [-0.25, -0.2) is 0 Å². The summed E-state index contributed by atoms with van der Waals surface area (Å²) in [6.07, 6.45) is 0.248. The molecule has 4 heteroatoms. The van der Waals surface area contributed by atoms with E-state index in [2.05, 4.69) is 4.74 Å². The molecule has 1 rings (SSSR count). The average molecular weight is 188 g/mol. The van der Waals surface area contributed by atoms with E-state index < -0.39 is 6.10 Å². The summed E-state index contributed by atoms with van der Waals surface area (Å²) in [6.45, 7) is 3.08. The van der Waals surface area contributed by atoms with E-state index in [1.807, 2.05) is 6.92 Å². The standard InChI is InChI=1S/C9H16O4/c1-3-9(5-13-6-9)7(10)4-8(11)12-2/h7,10H,3-6H2,1-2H3/t7-/m1/s1. The third kappa shape index (κ3) is 2.00. The molecule has 1 aliphatic rings. The number of rotatable bonds is 4. The number of esters is 1. The minimum Gasteiger partial charge on any atom is -0.469 e. The van der Waals surface area contributed by atoms with E-state index in [0.717, 1.165) is 6.42 Å². The summed E-state index contributed by atoms with van der Waals surface area (Å²) in [6, 6.07) is 0. The molecule has 0 spiro atoms. The number of hydrogen-bond donors (Lipinski definition) is 1. The first kappa shape index (κ1) is 10.5. The van der Waals surface area contributed by atoms with Gasteiger partial charge in [-0.2, -0.15) is 0 Å². The summed E-state index contributed by atoms with van der Waals surface area (Å²) in [5.41, 5.74) is -0.214. The van der Waals surface area contributed by atoms with Gasteiger partial charge in [0.15, 0.2) is 0 Å². The van der Waals surface area contributed by atoms with E-state index in [4.69, 9.17) is 4.74 Å². The summed E-state index contributed by atoms with van der Waals surface area (Å²) in [7, 11) is 1.32. The van der Waals surface area contributed by atoms with Gasteiger partial charge in [-0.1, -0.05) is 6.92 Å². The Kier molecular flexibility index (Phi) is 3.27. The molecule has 1 fully saturated rings. The Morgan fingerprint density at radius 3 is 2.62 bits per heavy atom. The Hall–Kier alpha value is -0.610. The monoisotopic (exact) mass is 188 g/mol. The topological polar surface area (TPSA) is 55.8 Å². The molecule has 76 valence electrons. The quantitative estimate of drug-likeness (QED) is 0.646. The van der Waals surface area contributed by atoms with Crippen molar-refractivity contribution in [3.05, 3.63) is 0 Å². The molecule has 1 aliphatic heterocycles.